The summed E-state index contributed by atoms with van der Waals surface area (Å²) in [5, 5.41) is 14.6. The highest BCUT2D eigenvalue weighted by Crippen LogP contribution is 2.20. The van der Waals surface area contributed by atoms with Gasteiger partial charge < -0.3 is 49.3 Å². The van der Waals surface area contributed by atoms with Gasteiger partial charge in [-0.3, -0.25) is 24.4 Å². The zero-order valence-corrected chi connectivity index (χ0v) is 20.0. The first-order valence-electron chi connectivity index (χ1n) is 11.4. The van der Waals surface area contributed by atoms with Crippen molar-refractivity contribution in [3.63, 3.8) is 0 Å². The first-order valence-corrected chi connectivity index (χ1v) is 11.4. The largest absolute Gasteiger partial charge is 0.480 e. The Hall–Kier alpha value is -3.62. The molecule has 0 saturated carbocycles. The molecule has 0 aromatic rings. The molecule has 4 atom stereocenters. The van der Waals surface area contributed by atoms with Crippen LogP contribution in [0.5, 0.6) is 0 Å². The van der Waals surface area contributed by atoms with Gasteiger partial charge in [0.25, 0.3) is 0 Å². The Kier molecular flexibility index (Phi) is 12.3. The minimum absolute atomic E-state index is 0.0879. The number of nitrogens with two attached hydrogens (primary N) is 5. The van der Waals surface area contributed by atoms with E-state index in [-0.39, 0.29) is 44.4 Å². The van der Waals surface area contributed by atoms with Crippen molar-refractivity contribution in [3.05, 3.63) is 0 Å². The summed E-state index contributed by atoms with van der Waals surface area (Å²) in [6, 6.07) is -3.81. The zero-order chi connectivity index (χ0) is 26.5. The van der Waals surface area contributed by atoms with E-state index in [1.165, 1.54) is 11.8 Å². The number of nitrogens with one attached hydrogen (secondary N) is 2. The van der Waals surface area contributed by atoms with Gasteiger partial charge in [0, 0.05) is 19.6 Å². The van der Waals surface area contributed by atoms with Gasteiger partial charge in [-0.15, -0.1) is 0 Å². The van der Waals surface area contributed by atoms with Crippen LogP contribution >= 0.6 is 0 Å². The molecule has 1 aliphatic rings. The smallest absolute Gasteiger partial charge is 0.326 e. The Morgan fingerprint density at radius 2 is 1.51 bits per heavy atom. The molecule has 1 heterocycles. The molecule has 0 aromatic carbocycles. The lowest BCUT2D eigenvalue weighted by atomic mass is 10.1. The summed E-state index contributed by atoms with van der Waals surface area (Å²) in [5.74, 6) is -2.96. The van der Waals surface area contributed by atoms with E-state index in [2.05, 4.69) is 20.6 Å². The maximum atomic E-state index is 13.3. The molecule has 35 heavy (non-hydrogen) atoms. The third-order valence-electron chi connectivity index (χ3n) is 5.37. The van der Waals surface area contributed by atoms with Gasteiger partial charge in [0.05, 0.1) is 6.04 Å². The van der Waals surface area contributed by atoms with Gasteiger partial charge in [-0.05, 0) is 45.4 Å². The van der Waals surface area contributed by atoms with Crippen LogP contribution < -0.4 is 39.3 Å². The minimum atomic E-state index is -1.21. The summed E-state index contributed by atoms with van der Waals surface area (Å²) >= 11 is 0. The molecule has 1 aliphatic heterocycles. The number of guanidine groups is 2. The van der Waals surface area contributed by atoms with Crippen LogP contribution in [-0.4, -0.2) is 89.4 Å². The average molecular weight is 499 g/mol. The number of likely N-dealkylation sites (tertiary alicyclic amines) is 1. The number of carbonyl (C=O) groups excluding carboxylic acids is 3. The van der Waals surface area contributed by atoms with E-state index >= 15 is 0 Å². The number of amides is 3. The summed E-state index contributed by atoms with van der Waals surface area (Å²) in [7, 11) is 0. The van der Waals surface area contributed by atoms with E-state index in [1.807, 2.05) is 0 Å². The van der Waals surface area contributed by atoms with Crippen molar-refractivity contribution in [2.75, 3.05) is 19.6 Å². The number of aliphatic imine (C=N–C) groups is 2. The third kappa shape index (κ3) is 10.5. The first kappa shape index (κ1) is 29.4. The minimum Gasteiger partial charge on any atom is -0.480 e. The molecular weight excluding hydrogens is 460 g/mol. The molecule has 0 aliphatic carbocycles. The Balaban J connectivity index is 2.88. The van der Waals surface area contributed by atoms with Gasteiger partial charge in [0.2, 0.25) is 17.7 Å². The molecule has 0 bridgehead atoms. The van der Waals surface area contributed by atoms with Gasteiger partial charge in [-0.1, -0.05) is 0 Å². The van der Waals surface area contributed by atoms with Crippen molar-refractivity contribution in [1.29, 1.82) is 0 Å². The number of aliphatic carboxylic acids is 1. The molecular formula is C20H38N10O5. The SMILES string of the molecule is CC(N)C(=O)NC(CCCN=C(N)N)C(=O)N1CCCC1C(=O)NC(CCCN=C(N)N)C(=O)O. The Labute approximate surface area is 203 Å². The van der Waals surface area contributed by atoms with Crippen molar-refractivity contribution in [3.8, 4) is 0 Å². The second-order valence-electron chi connectivity index (χ2n) is 8.34. The summed E-state index contributed by atoms with van der Waals surface area (Å²) < 4.78 is 0. The highest BCUT2D eigenvalue weighted by Gasteiger charge is 2.38. The Morgan fingerprint density at radius 1 is 0.971 bits per heavy atom. The van der Waals surface area contributed by atoms with Crippen molar-refractivity contribution >= 4 is 35.6 Å². The second-order valence-corrected chi connectivity index (χ2v) is 8.34. The van der Waals surface area contributed by atoms with Gasteiger partial charge in [-0.2, -0.15) is 0 Å². The molecule has 15 heteroatoms. The molecule has 15 nitrogen and oxygen atoms in total. The van der Waals surface area contributed by atoms with E-state index in [9.17, 15) is 24.3 Å². The number of hydrogen-bond donors (Lipinski definition) is 8. The number of carboxylic acid groups (broad SMARTS) is 1. The maximum Gasteiger partial charge on any atom is 0.326 e. The lowest BCUT2D eigenvalue weighted by Gasteiger charge is -2.29. The molecule has 0 spiro atoms. The normalized spacial score (nSPS) is 17.5. The van der Waals surface area contributed by atoms with Crippen LogP contribution in [0, 0.1) is 0 Å². The molecule has 0 aromatic heterocycles. The number of carboxylic acids is 1. The first-order chi connectivity index (χ1) is 16.4. The Morgan fingerprint density at radius 3 is 2.00 bits per heavy atom. The quantitative estimate of drug-likeness (QED) is 0.0664. The summed E-state index contributed by atoms with van der Waals surface area (Å²) in [5.41, 5.74) is 26.8. The number of rotatable bonds is 14. The monoisotopic (exact) mass is 498 g/mol. The van der Waals surface area contributed by atoms with Crippen molar-refractivity contribution < 1.29 is 24.3 Å². The van der Waals surface area contributed by atoms with Crippen molar-refractivity contribution in [2.45, 2.75) is 69.6 Å². The predicted molar refractivity (Wildman–Crippen MR) is 130 cm³/mol. The van der Waals surface area contributed by atoms with Crippen LogP contribution in [-0.2, 0) is 19.2 Å². The summed E-state index contributed by atoms with van der Waals surface area (Å²) in [6.07, 6.45) is 1.98. The van der Waals surface area contributed by atoms with Crippen LogP contribution in [0.4, 0.5) is 0 Å². The maximum absolute atomic E-state index is 13.3. The predicted octanol–water partition coefficient (Wildman–Crippen LogP) is -3.51. The lowest BCUT2D eigenvalue weighted by molar-refractivity contribution is -0.145. The highest BCUT2D eigenvalue weighted by molar-refractivity contribution is 5.94. The van der Waals surface area contributed by atoms with Crippen LogP contribution in [0.15, 0.2) is 9.98 Å². The topological polar surface area (TPSA) is 271 Å². The number of hydrogen-bond acceptors (Lipinski definition) is 7. The molecule has 198 valence electrons. The van der Waals surface area contributed by atoms with E-state index in [1.54, 1.807) is 0 Å². The van der Waals surface area contributed by atoms with Crippen LogP contribution in [0.3, 0.4) is 0 Å². The molecule has 0 radical (unpaired) electrons. The fraction of sp³-hybridized carbons (Fsp3) is 0.700. The molecule has 4 unspecified atom stereocenters. The highest BCUT2D eigenvalue weighted by atomic mass is 16.4. The number of nitrogens with zero attached hydrogens (tertiary/aromatic N) is 3. The average Bonchev–Trinajstić information content (AvgIpc) is 3.26. The van der Waals surface area contributed by atoms with Gasteiger partial charge >= 0.3 is 5.97 Å². The summed E-state index contributed by atoms with van der Waals surface area (Å²) in [4.78, 5) is 59.0. The summed E-state index contributed by atoms with van der Waals surface area (Å²) in [6.45, 7) is 2.25. The fourth-order valence-corrected chi connectivity index (χ4v) is 3.60. The third-order valence-corrected chi connectivity index (χ3v) is 5.37. The molecule has 1 saturated heterocycles. The fourth-order valence-electron chi connectivity index (χ4n) is 3.60. The van der Waals surface area contributed by atoms with E-state index in [4.69, 9.17) is 28.7 Å². The standard InChI is InChI=1S/C20H38N10O5/c1-11(21)15(31)28-12(5-2-8-26-19(22)23)17(33)30-10-4-7-14(30)16(32)29-13(18(34)35)6-3-9-27-20(24)25/h11-14H,2-10,21H2,1H3,(H,28,31)(H,29,32)(H,34,35)(H4,22,23,26)(H4,24,25,27). The van der Waals surface area contributed by atoms with E-state index in [0.717, 1.165) is 0 Å². The van der Waals surface area contributed by atoms with Gasteiger partial charge in [0.1, 0.15) is 18.1 Å². The molecule has 13 N–H and O–H groups in total. The molecule has 1 rings (SSSR count). The van der Waals surface area contributed by atoms with Crippen LogP contribution in [0.25, 0.3) is 0 Å². The zero-order valence-electron chi connectivity index (χ0n) is 20.0. The number of carbonyl (C=O) groups is 4. The van der Waals surface area contributed by atoms with Gasteiger partial charge in [0.15, 0.2) is 11.9 Å². The Bertz CT molecular complexity index is 808. The van der Waals surface area contributed by atoms with Crippen LogP contribution in [0.2, 0.25) is 0 Å². The molecule has 3 amide bonds. The van der Waals surface area contributed by atoms with Crippen molar-refractivity contribution in [1.82, 2.24) is 15.5 Å². The molecule has 1 fully saturated rings. The van der Waals surface area contributed by atoms with E-state index in [0.29, 0.717) is 25.7 Å². The van der Waals surface area contributed by atoms with Gasteiger partial charge in [-0.25, -0.2) is 4.79 Å². The van der Waals surface area contributed by atoms with E-state index < -0.39 is 47.9 Å². The van der Waals surface area contributed by atoms with Crippen LogP contribution in [0.1, 0.15) is 45.4 Å². The lowest BCUT2D eigenvalue weighted by Crippen LogP contribution is -2.56. The second kappa shape index (κ2) is 14.6. The van der Waals surface area contributed by atoms with Crippen molar-refractivity contribution in [2.24, 2.45) is 38.7 Å².